The summed E-state index contributed by atoms with van der Waals surface area (Å²) in [6.07, 6.45) is 0.907. The van der Waals surface area contributed by atoms with Gasteiger partial charge in [0.15, 0.2) is 0 Å². The molecule has 1 aliphatic rings. The van der Waals surface area contributed by atoms with Crippen molar-refractivity contribution in [3.63, 3.8) is 0 Å². The Hall–Kier alpha value is -1.30. The summed E-state index contributed by atoms with van der Waals surface area (Å²) in [7, 11) is 0. The number of carbonyl (C=O) groups is 2. The fourth-order valence-corrected chi connectivity index (χ4v) is 1.44. The maximum atomic E-state index is 11.5. The van der Waals surface area contributed by atoms with Gasteiger partial charge in [-0.25, -0.2) is 4.79 Å². The molecule has 0 aliphatic carbocycles. The topological polar surface area (TPSA) is 81.7 Å². The van der Waals surface area contributed by atoms with Gasteiger partial charge < -0.3 is 20.6 Å². The summed E-state index contributed by atoms with van der Waals surface area (Å²) in [5.74, 6) is -0.896. The zero-order chi connectivity index (χ0) is 11.1. The first-order chi connectivity index (χ1) is 7.20. The average molecular weight is 215 g/mol. The third-order valence-corrected chi connectivity index (χ3v) is 2.24. The molecule has 15 heavy (non-hydrogen) atoms. The minimum Gasteiger partial charge on any atom is -0.481 e. The number of nitrogens with one attached hydrogen (secondary N) is 2. The van der Waals surface area contributed by atoms with E-state index in [-0.39, 0.29) is 19.0 Å². The SMILES string of the molecule is O=C(O)CCNC(=O)N1CCCNCC1. The number of urea groups is 1. The van der Waals surface area contributed by atoms with Crippen LogP contribution in [-0.4, -0.2) is 54.7 Å². The summed E-state index contributed by atoms with van der Waals surface area (Å²) in [6.45, 7) is 3.33. The van der Waals surface area contributed by atoms with Crippen molar-refractivity contribution in [3.05, 3.63) is 0 Å². The molecule has 0 bridgehead atoms. The fraction of sp³-hybridized carbons (Fsp3) is 0.778. The second-order valence-corrected chi connectivity index (χ2v) is 3.47. The number of aliphatic carboxylic acids is 1. The number of carboxylic acids is 1. The van der Waals surface area contributed by atoms with Gasteiger partial charge in [0.2, 0.25) is 0 Å². The van der Waals surface area contributed by atoms with Gasteiger partial charge in [-0.3, -0.25) is 4.79 Å². The van der Waals surface area contributed by atoms with Crippen LogP contribution >= 0.6 is 0 Å². The molecule has 0 spiro atoms. The third kappa shape index (κ3) is 4.64. The Morgan fingerprint density at radius 1 is 1.33 bits per heavy atom. The standard InChI is InChI=1S/C9H17N3O3/c13-8(14)2-4-11-9(15)12-6-1-3-10-5-7-12/h10H,1-7H2,(H,11,15)(H,13,14). The lowest BCUT2D eigenvalue weighted by Crippen LogP contribution is -2.42. The lowest BCUT2D eigenvalue weighted by Gasteiger charge is -2.20. The first kappa shape index (κ1) is 11.8. The van der Waals surface area contributed by atoms with E-state index in [4.69, 9.17) is 5.11 Å². The Morgan fingerprint density at radius 3 is 2.87 bits per heavy atom. The Kier molecular flexibility index (Phi) is 4.89. The lowest BCUT2D eigenvalue weighted by molar-refractivity contribution is -0.136. The van der Waals surface area contributed by atoms with E-state index in [1.54, 1.807) is 4.90 Å². The van der Waals surface area contributed by atoms with Crippen molar-refractivity contribution < 1.29 is 14.7 Å². The van der Waals surface area contributed by atoms with Gasteiger partial charge in [0.05, 0.1) is 6.42 Å². The Labute approximate surface area is 88.6 Å². The van der Waals surface area contributed by atoms with Crippen LogP contribution in [0.5, 0.6) is 0 Å². The van der Waals surface area contributed by atoms with Gasteiger partial charge in [-0.05, 0) is 13.0 Å². The van der Waals surface area contributed by atoms with Crippen molar-refractivity contribution in [2.45, 2.75) is 12.8 Å². The molecule has 0 unspecified atom stereocenters. The van der Waals surface area contributed by atoms with Gasteiger partial charge in [0, 0.05) is 26.2 Å². The summed E-state index contributed by atoms with van der Waals surface area (Å²) in [5, 5.41) is 14.2. The zero-order valence-electron chi connectivity index (χ0n) is 8.66. The highest BCUT2D eigenvalue weighted by atomic mass is 16.4. The molecule has 0 aromatic carbocycles. The highest BCUT2D eigenvalue weighted by Crippen LogP contribution is 1.95. The highest BCUT2D eigenvalue weighted by molar-refractivity contribution is 5.75. The molecular formula is C9H17N3O3. The van der Waals surface area contributed by atoms with Crippen molar-refractivity contribution in [2.75, 3.05) is 32.7 Å². The van der Waals surface area contributed by atoms with Crippen LogP contribution < -0.4 is 10.6 Å². The molecule has 1 heterocycles. The summed E-state index contributed by atoms with van der Waals surface area (Å²) in [6, 6.07) is -0.167. The van der Waals surface area contributed by atoms with Crippen LogP contribution in [0, 0.1) is 0 Å². The second kappa shape index (κ2) is 6.23. The van der Waals surface area contributed by atoms with Crippen molar-refractivity contribution in [2.24, 2.45) is 0 Å². The minimum atomic E-state index is -0.896. The summed E-state index contributed by atoms with van der Waals surface area (Å²) < 4.78 is 0. The van der Waals surface area contributed by atoms with Crippen LogP contribution in [0.15, 0.2) is 0 Å². The van der Waals surface area contributed by atoms with E-state index >= 15 is 0 Å². The van der Waals surface area contributed by atoms with E-state index in [1.165, 1.54) is 0 Å². The van der Waals surface area contributed by atoms with Crippen LogP contribution in [0.2, 0.25) is 0 Å². The molecule has 6 heteroatoms. The first-order valence-corrected chi connectivity index (χ1v) is 5.15. The number of hydrogen-bond acceptors (Lipinski definition) is 3. The number of carboxylic acid groups (broad SMARTS) is 1. The molecule has 1 saturated heterocycles. The molecule has 1 rings (SSSR count). The molecule has 0 aromatic heterocycles. The molecule has 3 N–H and O–H groups in total. The normalized spacial score (nSPS) is 16.9. The largest absolute Gasteiger partial charge is 0.481 e. The number of carbonyl (C=O) groups excluding carboxylic acids is 1. The molecule has 0 atom stereocenters. The first-order valence-electron chi connectivity index (χ1n) is 5.15. The average Bonchev–Trinajstić information content (AvgIpc) is 2.44. The molecular weight excluding hydrogens is 198 g/mol. The van der Waals surface area contributed by atoms with Crippen LogP contribution in [0.3, 0.4) is 0 Å². The molecule has 1 aliphatic heterocycles. The van der Waals surface area contributed by atoms with E-state index in [9.17, 15) is 9.59 Å². The predicted molar refractivity (Wildman–Crippen MR) is 54.7 cm³/mol. The molecule has 2 amide bonds. The van der Waals surface area contributed by atoms with Crippen LogP contribution in [-0.2, 0) is 4.79 Å². The number of hydrogen-bond donors (Lipinski definition) is 3. The predicted octanol–water partition coefficient (Wildman–Crippen LogP) is -0.534. The van der Waals surface area contributed by atoms with Crippen LogP contribution in [0.1, 0.15) is 12.8 Å². The van der Waals surface area contributed by atoms with E-state index in [1.807, 2.05) is 0 Å². The lowest BCUT2D eigenvalue weighted by atomic mass is 10.4. The minimum absolute atomic E-state index is 0.0299. The molecule has 0 radical (unpaired) electrons. The monoisotopic (exact) mass is 215 g/mol. The Balaban J connectivity index is 2.22. The quantitative estimate of drug-likeness (QED) is 0.591. The van der Waals surface area contributed by atoms with E-state index in [0.717, 1.165) is 26.1 Å². The van der Waals surface area contributed by atoms with E-state index < -0.39 is 5.97 Å². The molecule has 6 nitrogen and oxygen atoms in total. The third-order valence-electron chi connectivity index (χ3n) is 2.24. The maximum absolute atomic E-state index is 11.5. The van der Waals surface area contributed by atoms with Crippen molar-refractivity contribution >= 4 is 12.0 Å². The summed E-state index contributed by atoms with van der Waals surface area (Å²) in [4.78, 5) is 23.5. The van der Waals surface area contributed by atoms with E-state index in [2.05, 4.69) is 10.6 Å². The maximum Gasteiger partial charge on any atom is 0.317 e. The molecule has 86 valence electrons. The van der Waals surface area contributed by atoms with E-state index in [0.29, 0.717) is 6.54 Å². The van der Waals surface area contributed by atoms with Gasteiger partial charge >= 0.3 is 12.0 Å². The fourth-order valence-electron chi connectivity index (χ4n) is 1.44. The van der Waals surface area contributed by atoms with Crippen molar-refractivity contribution in [1.82, 2.24) is 15.5 Å². The molecule has 0 saturated carbocycles. The second-order valence-electron chi connectivity index (χ2n) is 3.47. The number of nitrogens with zero attached hydrogens (tertiary/aromatic N) is 1. The van der Waals surface area contributed by atoms with Crippen molar-refractivity contribution in [1.29, 1.82) is 0 Å². The van der Waals surface area contributed by atoms with Gasteiger partial charge in [0.25, 0.3) is 0 Å². The van der Waals surface area contributed by atoms with Crippen molar-refractivity contribution in [3.8, 4) is 0 Å². The van der Waals surface area contributed by atoms with Crippen LogP contribution in [0.4, 0.5) is 4.79 Å². The summed E-state index contributed by atoms with van der Waals surface area (Å²) in [5.41, 5.74) is 0. The highest BCUT2D eigenvalue weighted by Gasteiger charge is 2.14. The Bertz CT molecular complexity index is 225. The Morgan fingerprint density at radius 2 is 2.13 bits per heavy atom. The number of amides is 2. The smallest absolute Gasteiger partial charge is 0.317 e. The zero-order valence-corrected chi connectivity index (χ0v) is 8.66. The van der Waals surface area contributed by atoms with Gasteiger partial charge in [-0.1, -0.05) is 0 Å². The van der Waals surface area contributed by atoms with Gasteiger partial charge in [-0.2, -0.15) is 0 Å². The van der Waals surface area contributed by atoms with Gasteiger partial charge in [0.1, 0.15) is 0 Å². The molecule has 0 aromatic rings. The van der Waals surface area contributed by atoms with Crippen LogP contribution in [0.25, 0.3) is 0 Å². The summed E-state index contributed by atoms with van der Waals surface area (Å²) >= 11 is 0. The number of rotatable bonds is 3. The molecule has 1 fully saturated rings. The van der Waals surface area contributed by atoms with Gasteiger partial charge in [-0.15, -0.1) is 0 Å².